The maximum absolute atomic E-state index is 6.09. The fourth-order valence-electron chi connectivity index (χ4n) is 2.47. The second kappa shape index (κ2) is 8.47. The number of rotatable bonds is 8. The molecule has 0 aliphatic rings. The van der Waals surface area contributed by atoms with Crippen LogP contribution in [0.15, 0.2) is 48.5 Å². The van der Waals surface area contributed by atoms with E-state index in [9.17, 15) is 0 Å². The van der Waals surface area contributed by atoms with E-state index in [1.54, 1.807) is 0 Å². The number of aryl methyl sites for hydroxylation is 1. The van der Waals surface area contributed by atoms with Gasteiger partial charge < -0.3 is 15.4 Å². The molecule has 0 fully saturated rings. The summed E-state index contributed by atoms with van der Waals surface area (Å²) in [6.45, 7) is 5.99. The first-order chi connectivity index (χ1) is 11.1. The molecule has 0 spiro atoms. The molecule has 2 N–H and O–H groups in total. The van der Waals surface area contributed by atoms with Crippen molar-refractivity contribution in [2.24, 2.45) is 5.92 Å². The molecule has 0 radical (unpaired) electrons. The Morgan fingerprint density at radius 3 is 2.48 bits per heavy atom. The van der Waals surface area contributed by atoms with Gasteiger partial charge in [0.15, 0.2) is 0 Å². The number of hydrogen-bond donors (Lipinski definition) is 1. The molecule has 2 aromatic carbocycles. The molecule has 0 saturated heterocycles. The highest BCUT2D eigenvalue weighted by Crippen LogP contribution is 2.24. The van der Waals surface area contributed by atoms with Crippen molar-refractivity contribution in [3.8, 4) is 5.75 Å². The van der Waals surface area contributed by atoms with Crippen LogP contribution in [0.1, 0.15) is 25.8 Å². The Labute approximate surface area is 140 Å². The van der Waals surface area contributed by atoms with Gasteiger partial charge in [-0.15, -0.1) is 0 Å². The van der Waals surface area contributed by atoms with Crippen molar-refractivity contribution in [3.05, 3.63) is 54.1 Å². The van der Waals surface area contributed by atoms with Crippen molar-refractivity contribution in [2.45, 2.75) is 26.7 Å². The number of ether oxygens (including phenoxy) is 1. The van der Waals surface area contributed by atoms with E-state index in [0.29, 0.717) is 12.5 Å². The van der Waals surface area contributed by atoms with Crippen molar-refractivity contribution in [2.75, 3.05) is 30.8 Å². The number of nitrogens with two attached hydrogens (primary N) is 1. The topological polar surface area (TPSA) is 38.5 Å². The average molecular weight is 312 g/mol. The Kier molecular flexibility index (Phi) is 6.33. The summed E-state index contributed by atoms with van der Waals surface area (Å²) in [6.07, 6.45) is 2.11. The molecule has 2 aromatic rings. The number of para-hydroxylation sites is 1. The zero-order valence-corrected chi connectivity index (χ0v) is 14.5. The SMILES string of the molecule is CC(C)COc1ccc(CCCN(C)c2ccccc2)cc1N. The van der Waals surface area contributed by atoms with Crippen molar-refractivity contribution in [1.29, 1.82) is 0 Å². The van der Waals surface area contributed by atoms with Crippen LogP contribution < -0.4 is 15.4 Å². The smallest absolute Gasteiger partial charge is 0.142 e. The molecule has 3 nitrogen and oxygen atoms in total. The summed E-state index contributed by atoms with van der Waals surface area (Å²) in [7, 11) is 2.13. The molecular formula is C20H28N2O. The summed E-state index contributed by atoms with van der Waals surface area (Å²) in [6, 6.07) is 16.6. The van der Waals surface area contributed by atoms with Crippen LogP contribution in [0.5, 0.6) is 5.75 Å². The molecule has 0 aromatic heterocycles. The van der Waals surface area contributed by atoms with Gasteiger partial charge in [-0.3, -0.25) is 0 Å². The van der Waals surface area contributed by atoms with E-state index in [2.05, 4.69) is 56.1 Å². The average Bonchev–Trinajstić information content (AvgIpc) is 2.54. The normalized spacial score (nSPS) is 10.8. The largest absolute Gasteiger partial charge is 0.491 e. The Bertz CT molecular complexity index is 596. The Morgan fingerprint density at radius 2 is 1.83 bits per heavy atom. The summed E-state index contributed by atoms with van der Waals surface area (Å²) in [5.41, 5.74) is 9.35. The number of nitrogen functional groups attached to an aromatic ring is 1. The van der Waals surface area contributed by atoms with E-state index in [4.69, 9.17) is 10.5 Å². The minimum Gasteiger partial charge on any atom is -0.491 e. The Hall–Kier alpha value is -2.16. The first kappa shape index (κ1) is 17.2. The zero-order valence-electron chi connectivity index (χ0n) is 14.5. The minimum atomic E-state index is 0.502. The van der Waals surface area contributed by atoms with Crippen LogP contribution in [0.25, 0.3) is 0 Å². The number of nitrogens with zero attached hydrogens (tertiary/aromatic N) is 1. The summed E-state index contributed by atoms with van der Waals surface area (Å²) in [4.78, 5) is 2.28. The maximum Gasteiger partial charge on any atom is 0.142 e. The van der Waals surface area contributed by atoms with Crippen molar-refractivity contribution in [3.63, 3.8) is 0 Å². The molecule has 23 heavy (non-hydrogen) atoms. The fourth-order valence-corrected chi connectivity index (χ4v) is 2.47. The molecule has 2 rings (SSSR count). The van der Waals surface area contributed by atoms with Gasteiger partial charge in [0.1, 0.15) is 5.75 Å². The zero-order chi connectivity index (χ0) is 16.7. The maximum atomic E-state index is 6.09. The molecule has 0 saturated carbocycles. The molecule has 0 unspecified atom stereocenters. The van der Waals surface area contributed by atoms with Crippen LogP contribution in [0.2, 0.25) is 0 Å². The van der Waals surface area contributed by atoms with Crippen LogP contribution in [0.4, 0.5) is 11.4 Å². The second-order valence-electron chi connectivity index (χ2n) is 6.44. The van der Waals surface area contributed by atoms with Gasteiger partial charge in [-0.1, -0.05) is 38.1 Å². The molecule has 0 aliphatic heterocycles. The van der Waals surface area contributed by atoms with Gasteiger partial charge in [-0.05, 0) is 48.6 Å². The molecule has 0 aliphatic carbocycles. The van der Waals surface area contributed by atoms with Crippen LogP contribution in [-0.4, -0.2) is 20.2 Å². The first-order valence-corrected chi connectivity index (χ1v) is 8.33. The molecule has 0 bridgehead atoms. The molecular weight excluding hydrogens is 284 g/mol. The molecule has 0 heterocycles. The van der Waals surface area contributed by atoms with Crippen LogP contribution in [0, 0.1) is 5.92 Å². The monoisotopic (exact) mass is 312 g/mol. The number of hydrogen-bond acceptors (Lipinski definition) is 3. The van der Waals surface area contributed by atoms with Crippen molar-refractivity contribution in [1.82, 2.24) is 0 Å². The highest BCUT2D eigenvalue weighted by molar-refractivity contribution is 5.54. The highest BCUT2D eigenvalue weighted by atomic mass is 16.5. The third kappa shape index (κ3) is 5.51. The van der Waals surface area contributed by atoms with E-state index in [-0.39, 0.29) is 0 Å². The standard InChI is InChI=1S/C20H28N2O/c1-16(2)15-23-20-12-11-17(14-19(20)21)8-7-13-22(3)18-9-5-4-6-10-18/h4-6,9-12,14,16H,7-8,13,15,21H2,1-3H3. The molecule has 3 heteroatoms. The lowest BCUT2D eigenvalue weighted by Crippen LogP contribution is -2.18. The van der Waals surface area contributed by atoms with Gasteiger partial charge in [-0.25, -0.2) is 0 Å². The van der Waals surface area contributed by atoms with E-state index >= 15 is 0 Å². The van der Waals surface area contributed by atoms with Crippen LogP contribution in [0.3, 0.4) is 0 Å². The Balaban J connectivity index is 1.83. The lowest BCUT2D eigenvalue weighted by atomic mass is 10.1. The van der Waals surface area contributed by atoms with Crippen LogP contribution in [-0.2, 0) is 6.42 Å². The van der Waals surface area contributed by atoms with E-state index < -0.39 is 0 Å². The van der Waals surface area contributed by atoms with Gasteiger partial charge in [0.2, 0.25) is 0 Å². The number of anilines is 2. The van der Waals surface area contributed by atoms with Gasteiger partial charge in [0.05, 0.1) is 12.3 Å². The third-order valence-corrected chi connectivity index (χ3v) is 3.80. The fraction of sp³-hybridized carbons (Fsp3) is 0.400. The van der Waals surface area contributed by atoms with Gasteiger partial charge >= 0.3 is 0 Å². The van der Waals surface area contributed by atoms with Crippen molar-refractivity contribution < 1.29 is 4.74 Å². The van der Waals surface area contributed by atoms with E-state index in [0.717, 1.165) is 30.8 Å². The van der Waals surface area contributed by atoms with Gasteiger partial charge in [0, 0.05) is 19.3 Å². The predicted octanol–water partition coefficient (Wildman–Crippen LogP) is 4.37. The predicted molar refractivity (Wildman–Crippen MR) is 99.2 cm³/mol. The summed E-state index contributed by atoms with van der Waals surface area (Å²) >= 11 is 0. The first-order valence-electron chi connectivity index (χ1n) is 8.33. The Morgan fingerprint density at radius 1 is 1.09 bits per heavy atom. The summed E-state index contributed by atoms with van der Waals surface area (Å²) in [5, 5.41) is 0. The van der Waals surface area contributed by atoms with E-state index in [1.807, 2.05) is 18.2 Å². The van der Waals surface area contributed by atoms with E-state index in [1.165, 1.54) is 11.3 Å². The molecule has 0 atom stereocenters. The summed E-state index contributed by atoms with van der Waals surface area (Å²) < 4.78 is 5.72. The minimum absolute atomic E-state index is 0.502. The third-order valence-electron chi connectivity index (χ3n) is 3.80. The molecule has 0 amide bonds. The van der Waals surface area contributed by atoms with Crippen LogP contribution >= 0.6 is 0 Å². The lowest BCUT2D eigenvalue weighted by molar-refractivity contribution is 0.272. The lowest BCUT2D eigenvalue weighted by Gasteiger charge is -2.19. The number of benzene rings is 2. The van der Waals surface area contributed by atoms with Gasteiger partial charge in [0.25, 0.3) is 0 Å². The highest BCUT2D eigenvalue weighted by Gasteiger charge is 2.05. The van der Waals surface area contributed by atoms with Gasteiger partial charge in [-0.2, -0.15) is 0 Å². The summed E-state index contributed by atoms with van der Waals surface area (Å²) in [5.74, 6) is 1.30. The molecule has 124 valence electrons. The van der Waals surface area contributed by atoms with Crippen molar-refractivity contribution >= 4 is 11.4 Å². The second-order valence-corrected chi connectivity index (χ2v) is 6.44. The quantitative estimate of drug-likeness (QED) is 0.735.